The molecule has 1 aliphatic heterocycles. The SMILES string of the molecule is CC(C)(C)C.COC(=O)C(C)c1cccc(C=O)c1-c1ccc2c(c1)CCCO2. The first kappa shape index (κ1) is 22.7. The predicted octanol–water partition coefficient (Wildman–Crippen LogP) is 5.82. The normalized spacial score (nSPS) is 13.9. The Bertz CT molecular complexity index is 856. The number of carbonyl (C=O) groups is 2. The molecule has 29 heavy (non-hydrogen) atoms. The second kappa shape index (κ2) is 9.73. The number of ether oxygens (including phenoxy) is 2. The summed E-state index contributed by atoms with van der Waals surface area (Å²) >= 11 is 0. The summed E-state index contributed by atoms with van der Waals surface area (Å²) in [5, 5.41) is 0. The van der Waals surface area contributed by atoms with E-state index in [0.717, 1.165) is 53.7 Å². The van der Waals surface area contributed by atoms with Crippen LogP contribution in [0.25, 0.3) is 11.1 Å². The van der Waals surface area contributed by atoms with Gasteiger partial charge in [-0.05, 0) is 59.6 Å². The van der Waals surface area contributed by atoms with E-state index in [1.54, 1.807) is 19.1 Å². The van der Waals surface area contributed by atoms with Crippen LogP contribution in [0, 0.1) is 5.41 Å². The van der Waals surface area contributed by atoms with Crippen LogP contribution in [-0.4, -0.2) is 26.0 Å². The molecule has 1 aliphatic rings. The molecule has 2 aromatic rings. The molecule has 0 radical (unpaired) electrons. The van der Waals surface area contributed by atoms with Gasteiger partial charge in [0.25, 0.3) is 0 Å². The zero-order chi connectivity index (χ0) is 21.6. The fourth-order valence-corrected chi connectivity index (χ4v) is 3.20. The largest absolute Gasteiger partial charge is 0.493 e. The van der Waals surface area contributed by atoms with Crippen LogP contribution < -0.4 is 4.74 Å². The first-order chi connectivity index (χ1) is 13.7. The van der Waals surface area contributed by atoms with Gasteiger partial charge >= 0.3 is 5.97 Å². The van der Waals surface area contributed by atoms with Crippen molar-refractivity contribution in [3.63, 3.8) is 0 Å². The Morgan fingerprint density at radius 2 is 1.86 bits per heavy atom. The number of benzene rings is 2. The van der Waals surface area contributed by atoms with E-state index in [4.69, 9.17) is 9.47 Å². The highest BCUT2D eigenvalue weighted by atomic mass is 16.5. The zero-order valence-electron chi connectivity index (χ0n) is 18.4. The third-order valence-electron chi connectivity index (χ3n) is 4.47. The van der Waals surface area contributed by atoms with Crippen molar-refractivity contribution in [1.29, 1.82) is 0 Å². The van der Waals surface area contributed by atoms with Gasteiger partial charge in [-0.25, -0.2) is 0 Å². The van der Waals surface area contributed by atoms with Gasteiger partial charge in [0, 0.05) is 5.56 Å². The van der Waals surface area contributed by atoms with E-state index in [1.165, 1.54) is 7.11 Å². The van der Waals surface area contributed by atoms with Crippen molar-refractivity contribution in [3.05, 3.63) is 53.1 Å². The fourth-order valence-electron chi connectivity index (χ4n) is 3.20. The highest BCUT2D eigenvalue weighted by molar-refractivity contribution is 5.92. The molecule has 2 aromatic carbocycles. The maximum atomic E-state index is 12.0. The summed E-state index contributed by atoms with van der Waals surface area (Å²) in [7, 11) is 1.37. The van der Waals surface area contributed by atoms with Gasteiger partial charge < -0.3 is 9.47 Å². The van der Waals surface area contributed by atoms with Crippen LogP contribution in [0.15, 0.2) is 36.4 Å². The highest BCUT2D eigenvalue weighted by Gasteiger charge is 2.22. The van der Waals surface area contributed by atoms with E-state index < -0.39 is 5.92 Å². The Balaban J connectivity index is 0.000000537. The summed E-state index contributed by atoms with van der Waals surface area (Å²) in [5.41, 5.74) is 4.71. The Hall–Kier alpha value is -2.62. The molecule has 0 spiro atoms. The number of hydrogen-bond donors (Lipinski definition) is 0. The molecule has 0 saturated heterocycles. The van der Waals surface area contributed by atoms with Crippen LogP contribution >= 0.6 is 0 Å². The molecule has 1 unspecified atom stereocenters. The summed E-state index contributed by atoms with van der Waals surface area (Å²) in [4.78, 5) is 23.6. The quantitative estimate of drug-likeness (QED) is 0.483. The molecule has 0 N–H and O–H groups in total. The van der Waals surface area contributed by atoms with Crippen molar-refractivity contribution >= 4 is 12.3 Å². The van der Waals surface area contributed by atoms with Crippen LogP contribution in [0.1, 0.15) is 68.4 Å². The Kier molecular flexibility index (Phi) is 7.60. The highest BCUT2D eigenvalue weighted by Crippen LogP contribution is 2.36. The van der Waals surface area contributed by atoms with E-state index in [-0.39, 0.29) is 5.97 Å². The third-order valence-corrected chi connectivity index (χ3v) is 4.47. The summed E-state index contributed by atoms with van der Waals surface area (Å²) in [5.74, 6) is 0.133. The predicted molar refractivity (Wildman–Crippen MR) is 117 cm³/mol. The average molecular weight is 397 g/mol. The van der Waals surface area contributed by atoms with Gasteiger partial charge in [-0.15, -0.1) is 0 Å². The number of rotatable bonds is 4. The molecular formula is C25H32O4. The lowest BCUT2D eigenvalue weighted by atomic mass is 9.87. The Morgan fingerprint density at radius 3 is 2.48 bits per heavy atom. The monoisotopic (exact) mass is 396 g/mol. The number of fused-ring (bicyclic) bond motifs is 1. The molecule has 4 heteroatoms. The molecular weight excluding hydrogens is 364 g/mol. The van der Waals surface area contributed by atoms with Crippen LogP contribution in [0.5, 0.6) is 5.75 Å². The van der Waals surface area contributed by atoms with E-state index in [0.29, 0.717) is 11.0 Å². The van der Waals surface area contributed by atoms with Crippen molar-refractivity contribution < 1.29 is 19.1 Å². The maximum Gasteiger partial charge on any atom is 0.312 e. The number of aldehydes is 1. The maximum absolute atomic E-state index is 12.0. The summed E-state index contributed by atoms with van der Waals surface area (Å²) < 4.78 is 10.5. The van der Waals surface area contributed by atoms with Crippen molar-refractivity contribution in [2.75, 3.05) is 13.7 Å². The second-order valence-corrected chi connectivity index (χ2v) is 8.95. The van der Waals surface area contributed by atoms with Crippen molar-refractivity contribution in [2.45, 2.75) is 53.4 Å². The number of esters is 1. The van der Waals surface area contributed by atoms with Crippen molar-refractivity contribution in [2.24, 2.45) is 5.41 Å². The summed E-state index contributed by atoms with van der Waals surface area (Å²) in [6.45, 7) is 11.3. The van der Waals surface area contributed by atoms with Crippen LogP contribution in [0.2, 0.25) is 0 Å². The minimum atomic E-state index is -0.447. The van der Waals surface area contributed by atoms with E-state index in [9.17, 15) is 9.59 Å². The molecule has 0 aliphatic carbocycles. The molecule has 1 heterocycles. The van der Waals surface area contributed by atoms with E-state index in [1.807, 2.05) is 18.2 Å². The lowest BCUT2D eigenvalue weighted by molar-refractivity contribution is -0.141. The molecule has 0 fully saturated rings. The first-order valence-electron chi connectivity index (χ1n) is 10.1. The van der Waals surface area contributed by atoms with Gasteiger partial charge in [-0.1, -0.05) is 52.0 Å². The fraction of sp³-hybridized carbons (Fsp3) is 0.440. The van der Waals surface area contributed by atoms with Crippen molar-refractivity contribution in [1.82, 2.24) is 0 Å². The molecule has 0 aromatic heterocycles. The van der Waals surface area contributed by atoms with Gasteiger partial charge in [0.05, 0.1) is 19.6 Å². The minimum absolute atomic E-state index is 0.319. The summed E-state index contributed by atoms with van der Waals surface area (Å²) in [6, 6.07) is 11.4. The molecule has 1 atom stereocenters. The third kappa shape index (κ3) is 6.18. The van der Waals surface area contributed by atoms with E-state index >= 15 is 0 Å². The minimum Gasteiger partial charge on any atom is -0.493 e. The number of carbonyl (C=O) groups excluding carboxylic acids is 2. The topological polar surface area (TPSA) is 52.6 Å². The Labute approximate surface area is 174 Å². The zero-order valence-corrected chi connectivity index (χ0v) is 18.4. The van der Waals surface area contributed by atoms with Gasteiger partial charge in [0.15, 0.2) is 6.29 Å². The standard InChI is InChI=1S/C20H20O4.C5H12/c1-13(20(22)23-2)17-7-3-5-16(12-21)19(17)15-8-9-18-14(11-15)6-4-10-24-18;1-5(2,3)4/h3,5,7-9,11-13H,4,6,10H2,1-2H3;1-4H3. The van der Waals surface area contributed by atoms with Crippen molar-refractivity contribution in [3.8, 4) is 16.9 Å². The van der Waals surface area contributed by atoms with Crippen LogP contribution in [0.3, 0.4) is 0 Å². The second-order valence-electron chi connectivity index (χ2n) is 8.95. The van der Waals surface area contributed by atoms with E-state index in [2.05, 4.69) is 33.8 Å². The van der Waals surface area contributed by atoms with Crippen LogP contribution in [0.4, 0.5) is 0 Å². The first-order valence-corrected chi connectivity index (χ1v) is 10.1. The number of aryl methyl sites for hydroxylation is 1. The lowest BCUT2D eigenvalue weighted by Crippen LogP contribution is -2.13. The average Bonchev–Trinajstić information content (AvgIpc) is 2.70. The summed E-state index contributed by atoms with van der Waals surface area (Å²) in [6.07, 6.45) is 2.77. The smallest absolute Gasteiger partial charge is 0.312 e. The Morgan fingerprint density at radius 1 is 1.17 bits per heavy atom. The van der Waals surface area contributed by atoms with Gasteiger partial charge in [-0.3, -0.25) is 9.59 Å². The molecule has 0 bridgehead atoms. The molecule has 3 rings (SSSR count). The molecule has 156 valence electrons. The lowest BCUT2D eigenvalue weighted by Gasteiger charge is -2.20. The number of hydrogen-bond acceptors (Lipinski definition) is 4. The molecule has 0 saturated carbocycles. The molecule has 4 nitrogen and oxygen atoms in total. The molecule has 0 amide bonds. The van der Waals surface area contributed by atoms with Gasteiger partial charge in [-0.2, -0.15) is 0 Å². The van der Waals surface area contributed by atoms with Gasteiger partial charge in [0.1, 0.15) is 5.75 Å². The van der Waals surface area contributed by atoms with Crippen LogP contribution in [-0.2, 0) is 16.0 Å². The van der Waals surface area contributed by atoms with Gasteiger partial charge in [0.2, 0.25) is 0 Å². The number of methoxy groups -OCH3 is 1.